The molecule has 3 aliphatic rings. The van der Waals surface area contributed by atoms with Gasteiger partial charge in [0.05, 0.1) is 22.8 Å². The van der Waals surface area contributed by atoms with Crippen LogP contribution in [-0.4, -0.2) is 50.9 Å². The molecule has 0 bridgehead atoms. The Kier molecular flexibility index (Phi) is 5.28. The van der Waals surface area contributed by atoms with Gasteiger partial charge in [0, 0.05) is 37.8 Å². The summed E-state index contributed by atoms with van der Waals surface area (Å²) in [6.07, 6.45) is 8.53. The molecule has 1 N–H and O–H groups in total. The molecule has 34 heavy (non-hydrogen) atoms. The second kappa shape index (κ2) is 8.34. The number of fused-ring (bicyclic) bond motifs is 2. The Morgan fingerprint density at radius 1 is 1.06 bits per heavy atom. The first-order valence-electron chi connectivity index (χ1n) is 12.4. The molecule has 3 aromatic rings. The van der Waals surface area contributed by atoms with Crippen LogP contribution in [0.15, 0.2) is 36.8 Å². The van der Waals surface area contributed by atoms with Gasteiger partial charge in [-0.2, -0.15) is 4.98 Å². The zero-order valence-electron chi connectivity index (χ0n) is 19.6. The highest BCUT2D eigenvalue weighted by Crippen LogP contribution is 2.52. The molecule has 7 nitrogen and oxygen atoms in total. The van der Waals surface area contributed by atoms with Gasteiger partial charge in [-0.15, -0.1) is 0 Å². The molecule has 1 aliphatic carbocycles. The van der Waals surface area contributed by atoms with E-state index in [1.807, 2.05) is 0 Å². The van der Waals surface area contributed by atoms with Crippen LogP contribution < -0.4 is 9.80 Å². The van der Waals surface area contributed by atoms with E-state index in [1.165, 1.54) is 18.6 Å². The number of rotatable bonds is 3. The number of aliphatic hydroxyl groups excluding tert-OH is 1. The van der Waals surface area contributed by atoms with Crippen LogP contribution in [-0.2, 0) is 0 Å². The summed E-state index contributed by atoms with van der Waals surface area (Å²) in [5.74, 6) is 1.62. The summed E-state index contributed by atoms with van der Waals surface area (Å²) in [4.78, 5) is 19.2. The van der Waals surface area contributed by atoms with Crippen molar-refractivity contribution < 1.29 is 9.50 Å². The summed E-state index contributed by atoms with van der Waals surface area (Å²) in [7, 11) is 2.07. The number of hydrogen-bond donors (Lipinski definition) is 1. The first kappa shape index (κ1) is 21.5. The average Bonchev–Trinajstić information content (AvgIpc) is 3.38. The maximum absolute atomic E-state index is 14.1. The molecule has 0 amide bonds. The highest BCUT2D eigenvalue weighted by atomic mass is 19.1. The normalized spacial score (nSPS) is 25.3. The standard InChI is InChI=1S/C26H31FN6O/c1-16-22(17-6-9-19(34)10-7-17)23-24(31(16)2)25(32-12-4-3-5-13-32)30-26(29-23)33-15-28-20-11-8-18(27)14-21(20)33/h8,11,14-15,17,19,22,34H,1,3-7,9-10,12-13H2,2H3/t17?,19?,22-/m1/s1. The Morgan fingerprint density at radius 2 is 1.82 bits per heavy atom. The number of allylic oxidation sites excluding steroid dienone is 1. The highest BCUT2D eigenvalue weighted by molar-refractivity contribution is 5.80. The van der Waals surface area contributed by atoms with E-state index in [1.54, 1.807) is 17.0 Å². The van der Waals surface area contributed by atoms with E-state index in [0.717, 1.165) is 74.5 Å². The van der Waals surface area contributed by atoms with Crippen LogP contribution >= 0.6 is 0 Å². The van der Waals surface area contributed by atoms with Crippen LogP contribution in [0.2, 0.25) is 0 Å². The van der Waals surface area contributed by atoms with Gasteiger partial charge in [0.1, 0.15) is 17.8 Å². The maximum atomic E-state index is 14.1. The third-order valence-corrected chi connectivity index (χ3v) is 7.89. The maximum Gasteiger partial charge on any atom is 0.237 e. The largest absolute Gasteiger partial charge is 0.393 e. The summed E-state index contributed by atoms with van der Waals surface area (Å²) in [5, 5.41) is 10.1. The average molecular weight is 463 g/mol. The molecule has 178 valence electrons. The smallest absolute Gasteiger partial charge is 0.237 e. The van der Waals surface area contributed by atoms with Gasteiger partial charge in [-0.1, -0.05) is 6.58 Å². The van der Waals surface area contributed by atoms with Crippen LogP contribution in [0.4, 0.5) is 15.9 Å². The summed E-state index contributed by atoms with van der Waals surface area (Å²) < 4.78 is 15.9. The minimum Gasteiger partial charge on any atom is -0.393 e. The molecule has 1 aromatic carbocycles. The Hall–Kier alpha value is -3.00. The molecule has 1 saturated heterocycles. The second-order valence-corrected chi connectivity index (χ2v) is 9.97. The zero-order chi connectivity index (χ0) is 23.4. The third-order valence-electron chi connectivity index (χ3n) is 7.89. The number of halogens is 1. The lowest BCUT2D eigenvalue weighted by atomic mass is 9.77. The first-order valence-corrected chi connectivity index (χ1v) is 12.4. The van der Waals surface area contributed by atoms with Crippen LogP contribution in [0.5, 0.6) is 0 Å². The minimum absolute atomic E-state index is 0.0873. The number of benzene rings is 1. The van der Waals surface area contributed by atoms with Crippen molar-refractivity contribution in [3.05, 3.63) is 48.3 Å². The van der Waals surface area contributed by atoms with Crippen molar-refractivity contribution in [3.63, 3.8) is 0 Å². The predicted octanol–water partition coefficient (Wildman–Crippen LogP) is 4.54. The van der Waals surface area contributed by atoms with Crippen molar-refractivity contribution in [3.8, 4) is 5.95 Å². The molecular weight excluding hydrogens is 431 g/mol. The number of aromatic nitrogens is 4. The van der Waals surface area contributed by atoms with Gasteiger partial charge in [0.2, 0.25) is 5.95 Å². The second-order valence-electron chi connectivity index (χ2n) is 9.97. The molecule has 1 atom stereocenters. The first-order chi connectivity index (χ1) is 16.5. The van der Waals surface area contributed by atoms with Crippen molar-refractivity contribution in [1.29, 1.82) is 0 Å². The van der Waals surface area contributed by atoms with Crippen LogP contribution in [0.1, 0.15) is 56.6 Å². The molecule has 8 heteroatoms. The van der Waals surface area contributed by atoms with E-state index in [4.69, 9.17) is 9.97 Å². The summed E-state index contributed by atoms with van der Waals surface area (Å²) >= 11 is 0. The molecule has 2 fully saturated rings. The van der Waals surface area contributed by atoms with Gasteiger partial charge in [0.25, 0.3) is 0 Å². The van der Waals surface area contributed by atoms with Crippen LogP contribution in [0, 0.1) is 11.7 Å². The minimum atomic E-state index is -0.307. The van der Waals surface area contributed by atoms with E-state index in [9.17, 15) is 9.50 Å². The zero-order valence-corrected chi connectivity index (χ0v) is 19.6. The molecule has 4 heterocycles. The van der Waals surface area contributed by atoms with Crippen LogP contribution in [0.25, 0.3) is 17.0 Å². The van der Waals surface area contributed by atoms with Gasteiger partial charge in [-0.25, -0.2) is 14.4 Å². The molecule has 2 aromatic heterocycles. The molecule has 0 spiro atoms. The molecule has 2 aliphatic heterocycles. The quantitative estimate of drug-likeness (QED) is 0.616. The van der Waals surface area contributed by atoms with Crippen molar-refractivity contribution in [1.82, 2.24) is 19.5 Å². The van der Waals surface area contributed by atoms with E-state index in [2.05, 4.69) is 28.4 Å². The lowest BCUT2D eigenvalue weighted by Crippen LogP contribution is -2.32. The van der Waals surface area contributed by atoms with E-state index in [0.29, 0.717) is 22.9 Å². The number of piperidine rings is 1. The fourth-order valence-electron chi connectivity index (χ4n) is 6.00. The van der Waals surface area contributed by atoms with Crippen molar-refractivity contribution in [2.24, 2.45) is 5.92 Å². The topological polar surface area (TPSA) is 70.3 Å². The van der Waals surface area contributed by atoms with Gasteiger partial charge < -0.3 is 14.9 Å². The monoisotopic (exact) mass is 462 g/mol. The highest BCUT2D eigenvalue weighted by Gasteiger charge is 2.42. The molecular formula is C26H31FN6O. The van der Waals surface area contributed by atoms with Gasteiger partial charge >= 0.3 is 0 Å². The van der Waals surface area contributed by atoms with Crippen molar-refractivity contribution in [2.75, 3.05) is 29.9 Å². The molecule has 6 rings (SSSR count). The number of likely N-dealkylation sites (N-methyl/N-ethyl adjacent to an activating group) is 1. The predicted molar refractivity (Wildman–Crippen MR) is 131 cm³/mol. The Morgan fingerprint density at radius 3 is 2.59 bits per heavy atom. The van der Waals surface area contributed by atoms with E-state index >= 15 is 0 Å². The number of aliphatic hydroxyl groups is 1. The fraction of sp³-hybridized carbons (Fsp3) is 0.500. The molecule has 0 unspecified atom stereocenters. The third kappa shape index (κ3) is 3.47. The summed E-state index contributed by atoms with van der Waals surface area (Å²) in [6.45, 7) is 6.40. The number of hydrogen-bond acceptors (Lipinski definition) is 6. The van der Waals surface area contributed by atoms with Gasteiger partial charge in [-0.3, -0.25) is 4.57 Å². The Bertz CT molecular complexity index is 1240. The van der Waals surface area contributed by atoms with Gasteiger partial charge in [-0.05, 0) is 63.0 Å². The number of nitrogens with zero attached hydrogens (tertiary/aromatic N) is 6. The SMILES string of the molecule is C=C1[C@H](C2CCC(O)CC2)c2nc(-n3cnc4ccc(F)cc43)nc(N3CCCCC3)c2N1C. The lowest BCUT2D eigenvalue weighted by Gasteiger charge is -2.31. The molecule has 0 radical (unpaired) electrons. The lowest BCUT2D eigenvalue weighted by molar-refractivity contribution is 0.104. The van der Waals surface area contributed by atoms with E-state index < -0.39 is 0 Å². The van der Waals surface area contributed by atoms with Crippen molar-refractivity contribution >= 4 is 22.5 Å². The molecule has 1 saturated carbocycles. The number of imidazole rings is 1. The Balaban J connectivity index is 1.53. The number of anilines is 2. The fourth-order valence-corrected chi connectivity index (χ4v) is 6.00. The van der Waals surface area contributed by atoms with E-state index in [-0.39, 0.29) is 17.8 Å². The summed E-state index contributed by atoms with van der Waals surface area (Å²) in [6, 6.07) is 4.60. The van der Waals surface area contributed by atoms with Gasteiger partial charge in [0.15, 0.2) is 5.82 Å². The van der Waals surface area contributed by atoms with Crippen LogP contribution in [0.3, 0.4) is 0 Å². The Labute approximate surface area is 198 Å². The summed E-state index contributed by atoms with van der Waals surface area (Å²) in [5.41, 5.74) is 4.46. The van der Waals surface area contributed by atoms with Crippen molar-refractivity contribution in [2.45, 2.75) is 57.0 Å².